The highest BCUT2D eigenvalue weighted by Crippen LogP contribution is 2.32. The van der Waals surface area contributed by atoms with E-state index in [2.05, 4.69) is 0 Å². The van der Waals surface area contributed by atoms with Crippen LogP contribution in [0.15, 0.2) is 18.2 Å². The van der Waals surface area contributed by atoms with Gasteiger partial charge in [-0.05, 0) is 31.5 Å². The molecule has 0 aliphatic rings. The number of carbonyl (C=O) groups is 1. The molecule has 1 rings (SSSR count). The molecule has 0 aromatic heterocycles. The number of hydrogen-bond donors (Lipinski definition) is 1. The minimum Gasteiger partial charge on any atom is -0.464 e. The summed E-state index contributed by atoms with van der Waals surface area (Å²) in [4.78, 5) is 11.9. The molecule has 0 heterocycles. The lowest BCUT2D eigenvalue weighted by atomic mass is 9.88. The van der Waals surface area contributed by atoms with Crippen molar-refractivity contribution in [3.05, 3.63) is 33.8 Å². The first kappa shape index (κ1) is 14.3. The molecule has 3 nitrogen and oxygen atoms in total. The third-order valence-electron chi connectivity index (χ3n) is 2.61. The zero-order valence-corrected chi connectivity index (χ0v) is 11.3. The molecule has 0 aliphatic carbocycles. The number of carbonyl (C=O) groups excluding carboxylic acids is 1. The van der Waals surface area contributed by atoms with Crippen molar-refractivity contribution in [2.75, 3.05) is 6.61 Å². The van der Waals surface area contributed by atoms with Crippen molar-refractivity contribution >= 4 is 29.2 Å². The molecule has 1 aromatic rings. The van der Waals surface area contributed by atoms with E-state index in [1.165, 1.54) is 0 Å². The van der Waals surface area contributed by atoms with E-state index >= 15 is 0 Å². The third-order valence-corrected chi connectivity index (χ3v) is 3.17. The Balaban J connectivity index is 3.24. The van der Waals surface area contributed by atoms with Gasteiger partial charge in [-0.15, -0.1) is 0 Å². The van der Waals surface area contributed by atoms with Gasteiger partial charge >= 0.3 is 5.97 Å². The molecule has 0 aliphatic heterocycles. The summed E-state index contributed by atoms with van der Waals surface area (Å²) < 4.78 is 4.98. The standard InChI is InChI=1S/C12H15Cl2NO2/c1-3-12(15,11(16)17-4-2)9-7-8(13)5-6-10(9)14/h5-7H,3-4,15H2,1-2H3. The molecule has 0 radical (unpaired) electrons. The first-order chi connectivity index (χ1) is 7.95. The number of rotatable bonds is 4. The number of esters is 1. The molecular formula is C12H15Cl2NO2. The molecule has 5 heteroatoms. The lowest BCUT2D eigenvalue weighted by Crippen LogP contribution is -2.45. The molecule has 0 bridgehead atoms. The van der Waals surface area contributed by atoms with Gasteiger partial charge in [-0.3, -0.25) is 0 Å². The summed E-state index contributed by atoms with van der Waals surface area (Å²) in [6, 6.07) is 4.87. The van der Waals surface area contributed by atoms with Crippen LogP contribution in [-0.4, -0.2) is 12.6 Å². The van der Waals surface area contributed by atoms with Gasteiger partial charge in [-0.1, -0.05) is 30.1 Å². The second kappa shape index (κ2) is 5.71. The molecule has 0 saturated carbocycles. The molecule has 1 atom stereocenters. The van der Waals surface area contributed by atoms with Crippen LogP contribution in [0.5, 0.6) is 0 Å². The van der Waals surface area contributed by atoms with Crippen molar-refractivity contribution in [2.45, 2.75) is 25.8 Å². The fourth-order valence-corrected chi connectivity index (χ4v) is 2.00. The number of hydrogen-bond acceptors (Lipinski definition) is 3. The number of nitrogens with two attached hydrogens (primary N) is 1. The van der Waals surface area contributed by atoms with E-state index in [0.717, 1.165) is 0 Å². The molecule has 17 heavy (non-hydrogen) atoms. The number of ether oxygens (including phenoxy) is 1. The maximum atomic E-state index is 11.9. The highest BCUT2D eigenvalue weighted by Gasteiger charge is 2.37. The van der Waals surface area contributed by atoms with Crippen LogP contribution in [-0.2, 0) is 15.1 Å². The summed E-state index contributed by atoms with van der Waals surface area (Å²) >= 11 is 12.0. The van der Waals surface area contributed by atoms with Crippen LogP contribution in [0.4, 0.5) is 0 Å². The minimum atomic E-state index is -1.25. The van der Waals surface area contributed by atoms with Gasteiger partial charge in [0, 0.05) is 15.6 Å². The van der Waals surface area contributed by atoms with E-state index in [1.807, 2.05) is 0 Å². The highest BCUT2D eigenvalue weighted by molar-refractivity contribution is 6.33. The fourth-order valence-electron chi connectivity index (χ4n) is 1.54. The second-order valence-corrected chi connectivity index (χ2v) is 4.51. The SMILES string of the molecule is CCOC(=O)C(N)(CC)c1cc(Cl)ccc1Cl. The summed E-state index contributed by atoms with van der Waals surface area (Å²) in [5.41, 5.74) is 5.34. The third kappa shape index (κ3) is 2.92. The van der Waals surface area contributed by atoms with Crippen LogP contribution in [0.25, 0.3) is 0 Å². The maximum absolute atomic E-state index is 11.9. The molecule has 1 unspecified atom stereocenters. The average Bonchev–Trinajstić information content (AvgIpc) is 2.31. The van der Waals surface area contributed by atoms with Gasteiger partial charge in [0.05, 0.1) is 6.61 Å². The van der Waals surface area contributed by atoms with Crippen LogP contribution >= 0.6 is 23.2 Å². The number of benzene rings is 1. The van der Waals surface area contributed by atoms with Gasteiger partial charge in [0.25, 0.3) is 0 Å². The first-order valence-corrected chi connectivity index (χ1v) is 6.13. The largest absolute Gasteiger partial charge is 0.464 e. The fraction of sp³-hybridized carbons (Fsp3) is 0.417. The van der Waals surface area contributed by atoms with Crippen molar-refractivity contribution in [2.24, 2.45) is 5.73 Å². The van der Waals surface area contributed by atoms with Gasteiger partial charge in [0.1, 0.15) is 5.54 Å². The van der Waals surface area contributed by atoms with E-state index in [1.54, 1.807) is 32.0 Å². The first-order valence-electron chi connectivity index (χ1n) is 5.37. The Morgan fingerprint density at radius 3 is 2.59 bits per heavy atom. The molecule has 2 N–H and O–H groups in total. The predicted molar refractivity (Wildman–Crippen MR) is 69.3 cm³/mol. The molecule has 94 valence electrons. The second-order valence-electron chi connectivity index (χ2n) is 3.67. The van der Waals surface area contributed by atoms with Gasteiger partial charge in [-0.2, -0.15) is 0 Å². The Bertz CT molecular complexity index is 423. The van der Waals surface area contributed by atoms with Crippen LogP contribution in [0.2, 0.25) is 10.0 Å². The molecule has 0 saturated heterocycles. The van der Waals surface area contributed by atoms with E-state index in [0.29, 0.717) is 22.0 Å². The normalized spacial score (nSPS) is 14.2. The topological polar surface area (TPSA) is 52.3 Å². The van der Waals surface area contributed by atoms with Crippen molar-refractivity contribution in [1.82, 2.24) is 0 Å². The smallest absolute Gasteiger partial charge is 0.330 e. The van der Waals surface area contributed by atoms with Crippen molar-refractivity contribution in [3.8, 4) is 0 Å². The summed E-state index contributed by atoms with van der Waals surface area (Å²) in [6.07, 6.45) is 0.381. The van der Waals surface area contributed by atoms with Crippen LogP contribution in [0.3, 0.4) is 0 Å². The lowest BCUT2D eigenvalue weighted by molar-refractivity contribution is -0.150. The molecule has 0 spiro atoms. The van der Waals surface area contributed by atoms with Crippen molar-refractivity contribution in [1.29, 1.82) is 0 Å². The quantitative estimate of drug-likeness (QED) is 0.859. The average molecular weight is 276 g/mol. The van der Waals surface area contributed by atoms with E-state index < -0.39 is 11.5 Å². The Labute approximate surface area is 111 Å². The Hall–Kier alpha value is -0.770. The zero-order valence-electron chi connectivity index (χ0n) is 9.80. The lowest BCUT2D eigenvalue weighted by Gasteiger charge is -2.27. The summed E-state index contributed by atoms with van der Waals surface area (Å²) in [5, 5.41) is 0.892. The van der Waals surface area contributed by atoms with Gasteiger partial charge in [0.2, 0.25) is 0 Å². The highest BCUT2D eigenvalue weighted by atomic mass is 35.5. The van der Waals surface area contributed by atoms with Crippen molar-refractivity contribution < 1.29 is 9.53 Å². The molecule has 0 amide bonds. The Morgan fingerprint density at radius 2 is 2.06 bits per heavy atom. The summed E-state index contributed by atoms with van der Waals surface area (Å²) in [5.74, 6) is -0.494. The summed E-state index contributed by atoms with van der Waals surface area (Å²) in [6.45, 7) is 3.80. The zero-order chi connectivity index (χ0) is 13.1. The van der Waals surface area contributed by atoms with E-state index in [4.69, 9.17) is 33.7 Å². The molecule has 1 aromatic carbocycles. The maximum Gasteiger partial charge on any atom is 0.330 e. The molecule has 0 fully saturated rings. The van der Waals surface area contributed by atoms with E-state index in [9.17, 15) is 4.79 Å². The Morgan fingerprint density at radius 1 is 1.41 bits per heavy atom. The van der Waals surface area contributed by atoms with Crippen LogP contribution in [0.1, 0.15) is 25.8 Å². The number of halogens is 2. The van der Waals surface area contributed by atoms with Gasteiger partial charge < -0.3 is 10.5 Å². The van der Waals surface area contributed by atoms with Crippen LogP contribution in [0, 0.1) is 0 Å². The minimum absolute atomic E-state index is 0.274. The van der Waals surface area contributed by atoms with Crippen LogP contribution < -0.4 is 5.73 Å². The monoisotopic (exact) mass is 275 g/mol. The summed E-state index contributed by atoms with van der Waals surface area (Å²) in [7, 11) is 0. The van der Waals surface area contributed by atoms with E-state index in [-0.39, 0.29) is 6.61 Å². The predicted octanol–water partition coefficient (Wildman–Crippen LogP) is 3.12. The van der Waals surface area contributed by atoms with Gasteiger partial charge in [-0.25, -0.2) is 4.79 Å². The molecular weight excluding hydrogens is 261 g/mol. The Kier molecular flexibility index (Phi) is 4.80. The van der Waals surface area contributed by atoms with Gasteiger partial charge in [0.15, 0.2) is 0 Å². The van der Waals surface area contributed by atoms with Crippen molar-refractivity contribution in [3.63, 3.8) is 0 Å².